The molecule has 0 heterocycles. The maximum atomic E-state index is 11.8. The molecule has 0 N–H and O–H groups in total. The Morgan fingerprint density at radius 2 is 1.75 bits per heavy atom. The Morgan fingerprint density at radius 3 is 2.25 bits per heavy atom. The van der Waals surface area contributed by atoms with E-state index in [2.05, 4.69) is 0 Å². The summed E-state index contributed by atoms with van der Waals surface area (Å²) in [6.45, 7) is 7.65. The fraction of sp³-hybridized carbons (Fsp3) is 0.467. The molecule has 0 saturated heterocycles. The summed E-state index contributed by atoms with van der Waals surface area (Å²) in [5.74, 6) is -0.326. The number of thioether (sulfide) groups is 1. The maximum Gasteiger partial charge on any atom is 0.338 e. The molecule has 1 rings (SSSR count). The number of hydrogen-bond acceptors (Lipinski definition) is 5. The van der Waals surface area contributed by atoms with Crippen molar-refractivity contribution in [2.75, 3.05) is 12.4 Å². The summed E-state index contributed by atoms with van der Waals surface area (Å²) in [5.41, 5.74) is -0.00516. The normalized spacial score (nSPS) is 11.0. The molecule has 0 spiro atoms. The molecular formula is C15H20O4S. The highest BCUT2D eigenvalue weighted by atomic mass is 32.2. The Hall–Kier alpha value is -1.49. The van der Waals surface area contributed by atoms with E-state index < -0.39 is 5.60 Å². The first-order chi connectivity index (χ1) is 9.31. The third-order valence-electron chi connectivity index (χ3n) is 2.15. The Balaban J connectivity index is 2.56. The fourth-order valence-corrected chi connectivity index (χ4v) is 2.07. The summed E-state index contributed by atoms with van der Waals surface area (Å²) >= 11 is 1.38. The second-order valence-electron chi connectivity index (χ2n) is 5.12. The van der Waals surface area contributed by atoms with Gasteiger partial charge in [0.05, 0.1) is 17.9 Å². The first-order valence-corrected chi connectivity index (χ1v) is 7.42. The van der Waals surface area contributed by atoms with Gasteiger partial charge in [0.25, 0.3) is 0 Å². The van der Waals surface area contributed by atoms with Crippen molar-refractivity contribution >= 4 is 23.7 Å². The highest BCUT2D eigenvalue weighted by molar-refractivity contribution is 8.00. The Morgan fingerprint density at radius 1 is 1.15 bits per heavy atom. The first kappa shape index (κ1) is 16.6. The van der Waals surface area contributed by atoms with E-state index in [9.17, 15) is 9.59 Å². The second-order valence-corrected chi connectivity index (χ2v) is 6.17. The lowest BCUT2D eigenvalue weighted by atomic mass is 10.2. The molecule has 0 aliphatic rings. The maximum absolute atomic E-state index is 11.8. The molecule has 0 saturated carbocycles. The van der Waals surface area contributed by atoms with Crippen LogP contribution in [0.4, 0.5) is 0 Å². The van der Waals surface area contributed by atoms with Gasteiger partial charge in [-0.25, -0.2) is 4.79 Å². The van der Waals surface area contributed by atoms with Crippen molar-refractivity contribution in [2.45, 2.75) is 38.2 Å². The first-order valence-electron chi connectivity index (χ1n) is 6.43. The van der Waals surface area contributed by atoms with Crippen LogP contribution in [0.3, 0.4) is 0 Å². The van der Waals surface area contributed by atoms with Gasteiger partial charge in [0.15, 0.2) is 0 Å². The number of rotatable bonds is 5. The van der Waals surface area contributed by atoms with Crippen molar-refractivity contribution in [3.63, 3.8) is 0 Å². The molecule has 1 aromatic rings. The number of carbonyl (C=O) groups excluding carboxylic acids is 2. The van der Waals surface area contributed by atoms with Crippen LogP contribution in [-0.4, -0.2) is 29.9 Å². The van der Waals surface area contributed by atoms with Crippen LogP contribution < -0.4 is 0 Å². The molecule has 0 radical (unpaired) electrons. The van der Waals surface area contributed by atoms with E-state index in [4.69, 9.17) is 9.47 Å². The van der Waals surface area contributed by atoms with E-state index in [1.165, 1.54) is 11.8 Å². The Bertz CT molecular complexity index is 460. The van der Waals surface area contributed by atoms with Crippen LogP contribution >= 0.6 is 11.8 Å². The molecule has 0 amide bonds. The van der Waals surface area contributed by atoms with E-state index in [-0.39, 0.29) is 17.7 Å². The van der Waals surface area contributed by atoms with E-state index in [0.29, 0.717) is 12.2 Å². The van der Waals surface area contributed by atoms with Crippen LogP contribution in [-0.2, 0) is 14.3 Å². The van der Waals surface area contributed by atoms with Crippen molar-refractivity contribution < 1.29 is 19.1 Å². The standard InChI is InChI=1S/C15H20O4S/c1-5-18-13(16)10-20-12-8-6-11(7-9-12)14(17)19-15(2,3)4/h6-9H,5,10H2,1-4H3. The van der Waals surface area contributed by atoms with E-state index in [0.717, 1.165) is 4.90 Å². The van der Waals surface area contributed by atoms with Gasteiger partial charge in [-0.1, -0.05) is 0 Å². The lowest BCUT2D eigenvalue weighted by molar-refractivity contribution is -0.139. The van der Waals surface area contributed by atoms with E-state index in [1.807, 2.05) is 20.8 Å². The van der Waals surface area contributed by atoms with E-state index >= 15 is 0 Å². The molecule has 4 nitrogen and oxygen atoms in total. The summed E-state index contributed by atoms with van der Waals surface area (Å²) in [6.07, 6.45) is 0. The number of benzene rings is 1. The molecule has 0 aromatic heterocycles. The lowest BCUT2D eigenvalue weighted by Gasteiger charge is -2.19. The van der Waals surface area contributed by atoms with Crippen molar-refractivity contribution in [1.82, 2.24) is 0 Å². The van der Waals surface area contributed by atoms with Gasteiger partial charge >= 0.3 is 11.9 Å². The number of hydrogen-bond donors (Lipinski definition) is 0. The molecule has 1 aromatic carbocycles. The van der Waals surface area contributed by atoms with Crippen molar-refractivity contribution in [3.05, 3.63) is 29.8 Å². The highest BCUT2D eigenvalue weighted by Crippen LogP contribution is 2.20. The third kappa shape index (κ3) is 6.10. The average molecular weight is 296 g/mol. The van der Waals surface area contributed by atoms with Gasteiger partial charge in [-0.3, -0.25) is 4.79 Å². The smallest absolute Gasteiger partial charge is 0.338 e. The van der Waals surface area contributed by atoms with Crippen LogP contribution in [0.25, 0.3) is 0 Å². The van der Waals surface area contributed by atoms with Gasteiger partial charge in [0.2, 0.25) is 0 Å². The topological polar surface area (TPSA) is 52.6 Å². The summed E-state index contributed by atoms with van der Waals surface area (Å²) in [7, 11) is 0. The van der Waals surface area contributed by atoms with Gasteiger partial charge in [0, 0.05) is 4.90 Å². The van der Waals surface area contributed by atoms with E-state index in [1.54, 1.807) is 31.2 Å². The second kappa shape index (κ2) is 7.33. The van der Waals surface area contributed by atoms with Gasteiger partial charge in [-0.15, -0.1) is 11.8 Å². The number of carbonyl (C=O) groups is 2. The Kier molecular flexibility index (Phi) is 6.07. The molecule has 5 heteroatoms. The number of esters is 2. The predicted molar refractivity (Wildman–Crippen MR) is 79.0 cm³/mol. The molecule has 0 unspecified atom stereocenters. The fourth-order valence-electron chi connectivity index (χ4n) is 1.37. The zero-order valence-corrected chi connectivity index (χ0v) is 13.1. The minimum absolute atomic E-state index is 0.242. The summed E-state index contributed by atoms with van der Waals surface area (Å²) < 4.78 is 10.1. The predicted octanol–water partition coefficient (Wildman–Crippen LogP) is 3.30. The molecule has 0 aliphatic carbocycles. The molecule has 0 fully saturated rings. The molecular weight excluding hydrogens is 276 g/mol. The average Bonchev–Trinajstić information content (AvgIpc) is 2.35. The largest absolute Gasteiger partial charge is 0.465 e. The van der Waals surface area contributed by atoms with Crippen molar-refractivity contribution in [2.24, 2.45) is 0 Å². The molecule has 0 bridgehead atoms. The van der Waals surface area contributed by atoms with Crippen molar-refractivity contribution in [1.29, 1.82) is 0 Å². The summed E-state index contributed by atoms with van der Waals surface area (Å²) in [4.78, 5) is 24.0. The van der Waals surface area contributed by atoms with Gasteiger partial charge in [-0.05, 0) is 52.0 Å². The van der Waals surface area contributed by atoms with Crippen LogP contribution in [0.5, 0.6) is 0 Å². The lowest BCUT2D eigenvalue weighted by Crippen LogP contribution is -2.23. The molecule has 110 valence electrons. The van der Waals surface area contributed by atoms with Crippen molar-refractivity contribution in [3.8, 4) is 0 Å². The van der Waals surface area contributed by atoms with Crippen LogP contribution in [0, 0.1) is 0 Å². The zero-order chi connectivity index (χ0) is 15.2. The summed E-state index contributed by atoms with van der Waals surface area (Å²) in [5, 5.41) is 0. The highest BCUT2D eigenvalue weighted by Gasteiger charge is 2.17. The quantitative estimate of drug-likeness (QED) is 0.616. The minimum Gasteiger partial charge on any atom is -0.465 e. The monoisotopic (exact) mass is 296 g/mol. The van der Waals surface area contributed by atoms with Gasteiger partial charge in [-0.2, -0.15) is 0 Å². The third-order valence-corrected chi connectivity index (χ3v) is 3.14. The number of ether oxygens (including phenoxy) is 2. The molecule has 20 heavy (non-hydrogen) atoms. The minimum atomic E-state index is -0.506. The summed E-state index contributed by atoms with van der Waals surface area (Å²) in [6, 6.07) is 6.98. The SMILES string of the molecule is CCOC(=O)CSc1ccc(C(=O)OC(C)(C)C)cc1. The van der Waals surface area contributed by atoms with Crippen LogP contribution in [0.15, 0.2) is 29.2 Å². The molecule has 0 atom stereocenters. The van der Waals surface area contributed by atoms with Gasteiger partial charge < -0.3 is 9.47 Å². The molecule has 0 aliphatic heterocycles. The van der Waals surface area contributed by atoms with Crippen LogP contribution in [0.1, 0.15) is 38.1 Å². The van der Waals surface area contributed by atoms with Crippen LogP contribution in [0.2, 0.25) is 0 Å². The Labute approximate surface area is 123 Å². The zero-order valence-electron chi connectivity index (χ0n) is 12.3. The van der Waals surface area contributed by atoms with Gasteiger partial charge in [0.1, 0.15) is 5.60 Å².